The van der Waals surface area contributed by atoms with Crippen LogP contribution in [0.3, 0.4) is 0 Å². The van der Waals surface area contributed by atoms with Gasteiger partial charge in [-0.25, -0.2) is 0 Å². The lowest BCUT2D eigenvalue weighted by Crippen LogP contribution is -2.09. The van der Waals surface area contributed by atoms with E-state index < -0.39 is 0 Å². The Morgan fingerprint density at radius 1 is 1.16 bits per heavy atom. The number of benzene rings is 2. The lowest BCUT2D eigenvalue weighted by molar-refractivity contribution is 0.475. The predicted molar refractivity (Wildman–Crippen MR) is 83.6 cm³/mol. The van der Waals surface area contributed by atoms with Crippen LogP contribution in [-0.2, 0) is 0 Å². The molecule has 0 heterocycles. The molecule has 0 amide bonds. The van der Waals surface area contributed by atoms with Gasteiger partial charge in [-0.2, -0.15) is 0 Å². The van der Waals surface area contributed by atoms with Gasteiger partial charge in [0, 0.05) is 10.2 Å². The molecule has 1 unspecified atom stereocenters. The predicted octanol–water partition coefficient (Wildman–Crippen LogP) is 5.03. The summed E-state index contributed by atoms with van der Waals surface area (Å²) in [7, 11) is 0. The monoisotopic (exact) mass is 319 g/mol. The zero-order valence-corrected chi connectivity index (χ0v) is 12.7. The van der Waals surface area contributed by atoms with Gasteiger partial charge in [0.25, 0.3) is 0 Å². The Kier molecular flexibility index (Phi) is 4.48. The molecule has 2 aromatic rings. The molecular formula is C16H18BrNO. The van der Waals surface area contributed by atoms with Gasteiger partial charge < -0.3 is 10.4 Å². The van der Waals surface area contributed by atoms with E-state index in [2.05, 4.69) is 53.3 Å². The first-order chi connectivity index (χ1) is 9.10. The molecule has 2 aromatic carbocycles. The first-order valence-corrected chi connectivity index (χ1v) is 7.21. The highest BCUT2D eigenvalue weighted by atomic mass is 79.9. The van der Waals surface area contributed by atoms with Gasteiger partial charge >= 0.3 is 0 Å². The number of nitrogens with one attached hydrogen (secondary N) is 1. The zero-order valence-electron chi connectivity index (χ0n) is 11.2. The fraction of sp³-hybridized carbons (Fsp3) is 0.250. The molecule has 2 rings (SSSR count). The minimum atomic E-state index is 0.251. The van der Waals surface area contributed by atoms with Gasteiger partial charge in [0.2, 0.25) is 0 Å². The van der Waals surface area contributed by atoms with Crippen molar-refractivity contribution in [2.24, 2.45) is 0 Å². The second-order valence-corrected chi connectivity index (χ2v) is 5.52. The van der Waals surface area contributed by atoms with Crippen molar-refractivity contribution in [3.63, 3.8) is 0 Å². The summed E-state index contributed by atoms with van der Waals surface area (Å²) < 4.78 is 1.12. The van der Waals surface area contributed by atoms with Gasteiger partial charge in [-0.1, -0.05) is 35.0 Å². The summed E-state index contributed by atoms with van der Waals surface area (Å²) in [6, 6.07) is 13.9. The second-order valence-electron chi connectivity index (χ2n) is 4.66. The molecule has 0 aliphatic rings. The molecule has 3 heteroatoms. The molecule has 100 valence electrons. The number of aryl methyl sites for hydroxylation is 1. The van der Waals surface area contributed by atoms with Crippen molar-refractivity contribution >= 4 is 21.6 Å². The average Bonchev–Trinajstić information content (AvgIpc) is 2.41. The van der Waals surface area contributed by atoms with Gasteiger partial charge in [-0.15, -0.1) is 0 Å². The maximum Gasteiger partial charge on any atom is 0.115 e. The summed E-state index contributed by atoms with van der Waals surface area (Å²) in [5.41, 5.74) is 3.51. The maximum atomic E-state index is 9.34. The molecule has 0 fully saturated rings. The average molecular weight is 320 g/mol. The highest BCUT2D eigenvalue weighted by molar-refractivity contribution is 9.10. The van der Waals surface area contributed by atoms with Crippen molar-refractivity contribution in [1.82, 2.24) is 0 Å². The van der Waals surface area contributed by atoms with Gasteiger partial charge in [0.1, 0.15) is 5.75 Å². The van der Waals surface area contributed by atoms with E-state index in [1.807, 2.05) is 12.1 Å². The van der Waals surface area contributed by atoms with Crippen LogP contribution in [0.4, 0.5) is 5.69 Å². The van der Waals surface area contributed by atoms with Crippen molar-refractivity contribution in [3.05, 3.63) is 58.1 Å². The molecule has 2 N–H and O–H groups in total. The molecule has 0 spiro atoms. The van der Waals surface area contributed by atoms with Crippen LogP contribution in [0.15, 0.2) is 46.9 Å². The minimum absolute atomic E-state index is 0.251. The number of anilines is 1. The van der Waals surface area contributed by atoms with E-state index >= 15 is 0 Å². The Bertz CT molecular complexity index is 551. The van der Waals surface area contributed by atoms with Crippen LogP contribution in [0.5, 0.6) is 5.75 Å². The summed E-state index contributed by atoms with van der Waals surface area (Å²) in [6.07, 6.45) is 0.986. The van der Waals surface area contributed by atoms with Gasteiger partial charge in [0.05, 0.1) is 6.04 Å². The van der Waals surface area contributed by atoms with Crippen molar-refractivity contribution < 1.29 is 5.11 Å². The van der Waals surface area contributed by atoms with E-state index in [1.54, 1.807) is 12.1 Å². The minimum Gasteiger partial charge on any atom is -0.508 e. The third-order valence-electron chi connectivity index (χ3n) is 3.20. The first kappa shape index (κ1) is 13.9. The van der Waals surface area contributed by atoms with Crippen LogP contribution in [0, 0.1) is 6.92 Å². The molecule has 0 aromatic heterocycles. The summed E-state index contributed by atoms with van der Waals surface area (Å²) in [5.74, 6) is 0.304. The molecule has 0 aliphatic carbocycles. The maximum absolute atomic E-state index is 9.34. The number of phenolic OH excluding ortho intramolecular Hbond substituents is 1. The summed E-state index contributed by atoms with van der Waals surface area (Å²) in [6.45, 7) is 4.23. The fourth-order valence-corrected chi connectivity index (χ4v) is 2.31. The molecule has 0 radical (unpaired) electrons. The van der Waals surface area contributed by atoms with E-state index in [0.29, 0.717) is 5.75 Å². The summed E-state index contributed by atoms with van der Waals surface area (Å²) in [4.78, 5) is 0. The summed E-state index contributed by atoms with van der Waals surface area (Å²) in [5, 5.41) is 12.9. The standard InChI is InChI=1S/C16H18BrNO/c1-3-16(12-4-7-14(19)8-5-12)18-13-6-9-15(17)11(2)10-13/h4-10,16,18-19H,3H2,1-2H3. The first-order valence-electron chi connectivity index (χ1n) is 6.41. The van der Waals surface area contributed by atoms with E-state index in [0.717, 1.165) is 16.6 Å². The smallest absolute Gasteiger partial charge is 0.115 e. The number of phenols is 1. The summed E-state index contributed by atoms with van der Waals surface area (Å²) >= 11 is 3.51. The van der Waals surface area contributed by atoms with Crippen LogP contribution in [0.1, 0.15) is 30.5 Å². The lowest BCUT2D eigenvalue weighted by Gasteiger charge is -2.19. The van der Waals surface area contributed by atoms with Gasteiger partial charge in [-0.05, 0) is 54.8 Å². The lowest BCUT2D eigenvalue weighted by atomic mass is 10.0. The SMILES string of the molecule is CCC(Nc1ccc(Br)c(C)c1)c1ccc(O)cc1. The third-order valence-corrected chi connectivity index (χ3v) is 4.09. The van der Waals surface area contributed by atoms with Crippen LogP contribution in [0.2, 0.25) is 0 Å². The number of aromatic hydroxyl groups is 1. The molecule has 2 nitrogen and oxygen atoms in total. The largest absolute Gasteiger partial charge is 0.508 e. The molecule has 19 heavy (non-hydrogen) atoms. The van der Waals surface area contributed by atoms with Crippen LogP contribution >= 0.6 is 15.9 Å². The number of hydrogen-bond acceptors (Lipinski definition) is 2. The number of rotatable bonds is 4. The van der Waals surface area contributed by atoms with E-state index in [4.69, 9.17) is 0 Å². The van der Waals surface area contributed by atoms with Crippen molar-refractivity contribution in [3.8, 4) is 5.75 Å². The van der Waals surface area contributed by atoms with Gasteiger partial charge in [-0.3, -0.25) is 0 Å². The van der Waals surface area contributed by atoms with Crippen LogP contribution in [-0.4, -0.2) is 5.11 Å². The Morgan fingerprint density at radius 2 is 1.84 bits per heavy atom. The second kappa shape index (κ2) is 6.11. The fourth-order valence-electron chi connectivity index (χ4n) is 2.06. The molecular weight excluding hydrogens is 302 g/mol. The Labute approximate surface area is 122 Å². The molecule has 0 saturated carbocycles. The number of hydrogen-bond donors (Lipinski definition) is 2. The molecule has 0 bridgehead atoms. The molecule has 0 saturated heterocycles. The van der Waals surface area contributed by atoms with Gasteiger partial charge in [0.15, 0.2) is 0 Å². The van der Waals surface area contributed by atoms with Crippen molar-refractivity contribution in [2.45, 2.75) is 26.3 Å². The quantitative estimate of drug-likeness (QED) is 0.828. The Morgan fingerprint density at radius 3 is 2.42 bits per heavy atom. The van der Waals surface area contributed by atoms with E-state index in [9.17, 15) is 5.11 Å². The van der Waals surface area contributed by atoms with E-state index in [1.165, 1.54) is 11.1 Å². The zero-order chi connectivity index (χ0) is 13.8. The highest BCUT2D eigenvalue weighted by Gasteiger charge is 2.09. The number of halogens is 1. The van der Waals surface area contributed by atoms with E-state index in [-0.39, 0.29) is 6.04 Å². The van der Waals surface area contributed by atoms with Crippen molar-refractivity contribution in [1.29, 1.82) is 0 Å². The molecule has 1 atom stereocenters. The van der Waals surface area contributed by atoms with Crippen molar-refractivity contribution in [2.75, 3.05) is 5.32 Å². The molecule has 0 aliphatic heterocycles. The normalized spacial score (nSPS) is 12.2. The van der Waals surface area contributed by atoms with Crippen LogP contribution in [0.25, 0.3) is 0 Å². The Hall–Kier alpha value is -1.48. The third kappa shape index (κ3) is 3.51. The highest BCUT2D eigenvalue weighted by Crippen LogP contribution is 2.26. The topological polar surface area (TPSA) is 32.3 Å². The Balaban J connectivity index is 2.18. The van der Waals surface area contributed by atoms with Crippen LogP contribution < -0.4 is 5.32 Å².